The van der Waals surface area contributed by atoms with E-state index in [0.29, 0.717) is 18.4 Å². The molecule has 0 saturated heterocycles. The van der Waals surface area contributed by atoms with Crippen LogP contribution in [-0.4, -0.2) is 18.1 Å². The zero-order valence-electron chi connectivity index (χ0n) is 13.8. The van der Waals surface area contributed by atoms with Crippen LogP contribution in [0.1, 0.15) is 33.6 Å². The fourth-order valence-electron chi connectivity index (χ4n) is 3.12. The molecule has 1 aromatic rings. The predicted octanol–water partition coefficient (Wildman–Crippen LogP) is 4.34. The molecule has 0 aromatic heterocycles. The highest BCUT2D eigenvalue weighted by Gasteiger charge is 2.35. The third kappa shape index (κ3) is 3.13. The molecule has 0 N–H and O–H groups in total. The molecule has 0 radical (unpaired) electrons. The zero-order valence-corrected chi connectivity index (χ0v) is 14.6. The molecule has 1 aromatic carbocycles. The molecule has 2 aliphatic rings. The van der Waals surface area contributed by atoms with E-state index < -0.39 is 0 Å². The van der Waals surface area contributed by atoms with Gasteiger partial charge in [0.15, 0.2) is 11.6 Å². The van der Waals surface area contributed by atoms with Gasteiger partial charge in [0.2, 0.25) is 0 Å². The quantitative estimate of drug-likeness (QED) is 0.598. The van der Waals surface area contributed by atoms with Gasteiger partial charge in [0.1, 0.15) is 0 Å². The Morgan fingerprint density at radius 2 is 1.78 bits per heavy atom. The van der Waals surface area contributed by atoms with Crippen molar-refractivity contribution in [2.24, 2.45) is 5.41 Å². The number of carbonyl (C=O) groups is 2. The first-order valence-corrected chi connectivity index (χ1v) is 8.76. The summed E-state index contributed by atoms with van der Waals surface area (Å²) in [5, 5.41) is 1.06. The molecule has 3 nitrogen and oxygen atoms in total. The molecule has 1 fully saturated rings. The summed E-state index contributed by atoms with van der Waals surface area (Å²) in [6, 6.07) is 8.24. The van der Waals surface area contributed by atoms with Crippen molar-refractivity contribution < 1.29 is 9.59 Å². The number of rotatable bonds is 2. The summed E-state index contributed by atoms with van der Waals surface area (Å²) in [4.78, 5) is 27.9. The lowest BCUT2D eigenvalue weighted by Gasteiger charge is -2.28. The molecule has 0 atom stereocenters. The Kier molecular flexibility index (Phi) is 4.19. The van der Waals surface area contributed by atoms with Crippen LogP contribution in [0.2, 0.25) is 0 Å². The first kappa shape index (κ1) is 16.1. The van der Waals surface area contributed by atoms with Gasteiger partial charge in [-0.3, -0.25) is 9.59 Å². The third-order valence-corrected chi connectivity index (χ3v) is 5.36. The number of hydrogen-bond acceptors (Lipinski definition) is 4. The highest BCUT2D eigenvalue weighted by molar-refractivity contribution is 8.03. The summed E-state index contributed by atoms with van der Waals surface area (Å²) in [6.45, 7) is 6.90. The second-order valence-corrected chi connectivity index (χ2v) is 7.83. The molecule has 4 heteroatoms. The van der Waals surface area contributed by atoms with Crippen LogP contribution in [-0.2, 0) is 9.59 Å². The van der Waals surface area contributed by atoms with Crippen LogP contribution in [0.5, 0.6) is 0 Å². The van der Waals surface area contributed by atoms with Gasteiger partial charge in [-0.2, -0.15) is 0 Å². The summed E-state index contributed by atoms with van der Waals surface area (Å²) in [7, 11) is 0. The fraction of sp³-hybridized carbons (Fsp3) is 0.368. The number of thioether (sulfide) groups is 1. The lowest BCUT2D eigenvalue weighted by Crippen LogP contribution is -2.31. The van der Waals surface area contributed by atoms with Gasteiger partial charge >= 0.3 is 0 Å². The molecule has 1 aliphatic carbocycles. The molecule has 0 spiro atoms. The molecular weight excluding hydrogens is 306 g/mol. The van der Waals surface area contributed by atoms with Gasteiger partial charge in [0.25, 0.3) is 0 Å². The Morgan fingerprint density at radius 1 is 1.13 bits per heavy atom. The lowest BCUT2D eigenvalue weighted by molar-refractivity contribution is -0.127. The van der Waals surface area contributed by atoms with E-state index in [1.807, 2.05) is 32.1 Å². The van der Waals surface area contributed by atoms with Gasteiger partial charge < -0.3 is 4.90 Å². The number of carbonyl (C=O) groups excluding carboxylic acids is 2. The molecular formula is C19H21NO2S. The first-order valence-electron chi connectivity index (χ1n) is 7.94. The number of ketones is 2. The molecule has 23 heavy (non-hydrogen) atoms. The van der Waals surface area contributed by atoms with Crippen molar-refractivity contribution >= 4 is 29.0 Å². The number of fused-ring (bicyclic) bond motifs is 1. The summed E-state index contributed by atoms with van der Waals surface area (Å²) in [5.41, 5.74) is 1.32. The summed E-state index contributed by atoms with van der Waals surface area (Å²) in [5.74, 6) is -0.0710. The van der Waals surface area contributed by atoms with Gasteiger partial charge in [-0.25, -0.2) is 0 Å². The monoisotopic (exact) mass is 327 g/mol. The first-order chi connectivity index (χ1) is 10.9. The second-order valence-electron chi connectivity index (χ2n) is 6.76. The van der Waals surface area contributed by atoms with Crippen LogP contribution in [0.15, 0.2) is 51.9 Å². The number of anilines is 1. The van der Waals surface area contributed by atoms with Crippen molar-refractivity contribution in [1.29, 1.82) is 0 Å². The minimum Gasteiger partial charge on any atom is -0.335 e. The summed E-state index contributed by atoms with van der Waals surface area (Å²) in [6.07, 6.45) is 4.52. The van der Waals surface area contributed by atoms with Crippen molar-refractivity contribution in [3.05, 3.63) is 47.0 Å². The molecule has 1 heterocycles. The Labute approximate surface area is 141 Å². The molecule has 120 valence electrons. The van der Waals surface area contributed by atoms with E-state index in [4.69, 9.17) is 0 Å². The van der Waals surface area contributed by atoms with Gasteiger partial charge in [-0.05, 0) is 36.6 Å². The predicted molar refractivity (Wildman–Crippen MR) is 94.5 cm³/mol. The lowest BCUT2D eigenvalue weighted by atomic mass is 9.74. The maximum atomic E-state index is 12.3. The number of hydrogen-bond donors (Lipinski definition) is 0. The molecule has 0 bridgehead atoms. The number of nitrogens with zero attached hydrogens (tertiary/aromatic N) is 1. The summed E-state index contributed by atoms with van der Waals surface area (Å²) < 4.78 is 0. The SMILES string of the molecule is CCN1/C(=C\C=C2C(=O)CC(C)(C)CC2=O)Sc2ccccc21. The van der Waals surface area contributed by atoms with Crippen molar-refractivity contribution in [2.75, 3.05) is 11.4 Å². The largest absolute Gasteiger partial charge is 0.335 e. The maximum absolute atomic E-state index is 12.3. The van der Waals surface area contributed by atoms with Gasteiger partial charge in [-0.15, -0.1) is 0 Å². The van der Waals surface area contributed by atoms with Crippen molar-refractivity contribution in [3.8, 4) is 0 Å². The van der Waals surface area contributed by atoms with Gasteiger partial charge in [-0.1, -0.05) is 37.7 Å². The van der Waals surface area contributed by atoms with Crippen LogP contribution in [0.3, 0.4) is 0 Å². The minimum absolute atomic E-state index is 0.0355. The van der Waals surface area contributed by atoms with Crippen molar-refractivity contribution in [2.45, 2.75) is 38.5 Å². The van der Waals surface area contributed by atoms with Crippen LogP contribution < -0.4 is 4.90 Å². The third-order valence-electron chi connectivity index (χ3n) is 4.22. The number of benzene rings is 1. The highest BCUT2D eigenvalue weighted by Crippen LogP contribution is 2.45. The fourth-order valence-corrected chi connectivity index (χ4v) is 4.25. The Bertz CT molecular complexity index is 709. The number of Topliss-reactive ketones (excluding diaryl/α,β-unsaturated/α-hetero) is 2. The normalized spacial score (nSPS) is 21.8. The Morgan fingerprint density at radius 3 is 2.43 bits per heavy atom. The Balaban J connectivity index is 1.88. The van der Waals surface area contributed by atoms with E-state index in [2.05, 4.69) is 24.0 Å². The standard InChI is InChI=1S/C19H21NO2S/c1-4-20-14-7-5-6-8-17(14)23-18(20)10-9-13-15(21)11-19(2,3)12-16(13)22/h5-10H,4,11-12H2,1-3H3/b18-10+. The van der Waals surface area contributed by atoms with Crippen LogP contribution in [0, 0.1) is 5.41 Å². The van der Waals surface area contributed by atoms with E-state index in [1.165, 1.54) is 10.6 Å². The average Bonchev–Trinajstić information content (AvgIpc) is 2.82. The van der Waals surface area contributed by atoms with E-state index in [-0.39, 0.29) is 17.0 Å². The zero-order chi connectivity index (χ0) is 16.6. The molecule has 1 aliphatic heterocycles. The van der Waals surface area contributed by atoms with E-state index >= 15 is 0 Å². The van der Waals surface area contributed by atoms with Crippen molar-refractivity contribution in [1.82, 2.24) is 0 Å². The number of para-hydroxylation sites is 1. The van der Waals surface area contributed by atoms with Crippen molar-refractivity contribution in [3.63, 3.8) is 0 Å². The van der Waals surface area contributed by atoms with Crippen LogP contribution >= 0.6 is 11.8 Å². The van der Waals surface area contributed by atoms with Crippen LogP contribution in [0.4, 0.5) is 5.69 Å². The van der Waals surface area contributed by atoms with E-state index in [1.54, 1.807) is 17.8 Å². The Hall–Kier alpha value is -1.81. The van der Waals surface area contributed by atoms with Crippen LogP contribution in [0.25, 0.3) is 0 Å². The molecule has 1 saturated carbocycles. The summed E-state index contributed by atoms with van der Waals surface area (Å²) >= 11 is 1.68. The second kappa shape index (κ2) is 6.00. The van der Waals surface area contributed by atoms with Gasteiger partial charge in [0, 0.05) is 24.3 Å². The molecule has 3 rings (SSSR count). The smallest absolute Gasteiger partial charge is 0.166 e. The average molecular weight is 327 g/mol. The van der Waals surface area contributed by atoms with Gasteiger partial charge in [0.05, 0.1) is 16.3 Å². The van der Waals surface area contributed by atoms with E-state index in [0.717, 1.165) is 11.6 Å². The minimum atomic E-state index is -0.216. The number of allylic oxidation sites excluding steroid dienone is 3. The topological polar surface area (TPSA) is 37.4 Å². The van der Waals surface area contributed by atoms with E-state index in [9.17, 15) is 9.59 Å². The molecule has 0 unspecified atom stereocenters. The molecule has 0 amide bonds. The maximum Gasteiger partial charge on any atom is 0.166 e. The highest BCUT2D eigenvalue weighted by atomic mass is 32.2.